The summed E-state index contributed by atoms with van der Waals surface area (Å²) in [6.07, 6.45) is -2.08. The van der Waals surface area contributed by atoms with Crippen LogP contribution in [0, 0.1) is 10.1 Å². The summed E-state index contributed by atoms with van der Waals surface area (Å²) in [5.74, 6) is 0. The minimum Gasteiger partial charge on any atom is -0.258 e. The molecule has 0 saturated carbocycles. The number of aromatic nitrogens is 1. The van der Waals surface area contributed by atoms with Gasteiger partial charge in [-0.25, -0.2) is 13.8 Å². The fraction of sp³-hybridized carbons (Fsp3) is 0.286. The van der Waals surface area contributed by atoms with E-state index in [1.165, 1.54) is 0 Å². The molecule has 0 amide bonds. The van der Waals surface area contributed by atoms with Crippen LogP contribution in [0.5, 0.6) is 0 Å². The normalized spacial score (nSPS) is 10.7. The molecule has 0 fully saturated rings. The van der Waals surface area contributed by atoms with Crippen LogP contribution < -0.4 is 0 Å². The third kappa shape index (κ3) is 2.40. The molecule has 8 heteroatoms. The molecule has 1 heterocycles. The molecule has 82 valence electrons. The molecule has 0 saturated heterocycles. The van der Waals surface area contributed by atoms with Crippen molar-refractivity contribution in [3.63, 3.8) is 0 Å². The van der Waals surface area contributed by atoms with Gasteiger partial charge in [0.1, 0.15) is 16.9 Å². The third-order valence-electron chi connectivity index (χ3n) is 1.66. The lowest BCUT2D eigenvalue weighted by Gasteiger charge is -2.06. The SMILES string of the molecule is O=[N+]([O-])c1cnc(C(F)F)c(CBr)c1Cl. The summed E-state index contributed by atoms with van der Waals surface area (Å²) in [6.45, 7) is 0. The lowest BCUT2D eigenvalue weighted by Crippen LogP contribution is -2.01. The average Bonchev–Trinajstić information content (AvgIpc) is 2.16. The zero-order chi connectivity index (χ0) is 11.6. The second-order valence-electron chi connectivity index (χ2n) is 2.51. The number of nitrogens with zero attached hydrogens (tertiary/aromatic N) is 2. The molecular weight excluding hydrogens is 297 g/mol. The largest absolute Gasteiger partial charge is 0.306 e. The van der Waals surface area contributed by atoms with E-state index in [1.807, 2.05) is 0 Å². The Balaban J connectivity index is 3.39. The first-order valence-corrected chi connectivity index (χ1v) is 5.14. The lowest BCUT2D eigenvalue weighted by molar-refractivity contribution is -0.385. The number of alkyl halides is 3. The van der Waals surface area contributed by atoms with Crippen molar-refractivity contribution in [2.24, 2.45) is 0 Å². The van der Waals surface area contributed by atoms with E-state index in [2.05, 4.69) is 20.9 Å². The van der Waals surface area contributed by atoms with Crippen molar-refractivity contribution in [3.05, 3.63) is 32.6 Å². The molecule has 0 radical (unpaired) electrons. The molecule has 4 nitrogen and oxygen atoms in total. The van der Waals surface area contributed by atoms with Gasteiger partial charge in [0.25, 0.3) is 6.43 Å². The Bertz CT molecular complexity index is 403. The van der Waals surface area contributed by atoms with Gasteiger partial charge in [-0.15, -0.1) is 0 Å². The highest BCUT2D eigenvalue weighted by molar-refractivity contribution is 9.08. The maximum Gasteiger partial charge on any atom is 0.306 e. The smallest absolute Gasteiger partial charge is 0.258 e. The molecule has 1 aromatic rings. The van der Waals surface area contributed by atoms with Crippen molar-refractivity contribution in [3.8, 4) is 0 Å². The summed E-state index contributed by atoms with van der Waals surface area (Å²) in [6, 6.07) is 0. The number of hydrogen-bond acceptors (Lipinski definition) is 3. The molecule has 0 bridgehead atoms. The van der Waals surface area contributed by atoms with E-state index in [9.17, 15) is 18.9 Å². The van der Waals surface area contributed by atoms with Crippen LogP contribution in [0.4, 0.5) is 14.5 Å². The van der Waals surface area contributed by atoms with Gasteiger partial charge in [0.2, 0.25) is 0 Å². The summed E-state index contributed by atoms with van der Waals surface area (Å²) in [5.41, 5.74) is -1.07. The van der Waals surface area contributed by atoms with Crippen molar-refractivity contribution in [1.29, 1.82) is 0 Å². The first kappa shape index (κ1) is 12.3. The Morgan fingerprint density at radius 1 is 1.67 bits per heavy atom. The van der Waals surface area contributed by atoms with Crippen LogP contribution in [0.1, 0.15) is 17.7 Å². The van der Waals surface area contributed by atoms with Gasteiger partial charge in [0, 0.05) is 10.9 Å². The molecule has 1 rings (SSSR count). The maximum atomic E-state index is 12.4. The highest BCUT2D eigenvalue weighted by atomic mass is 79.9. The number of halogens is 4. The number of pyridine rings is 1. The Kier molecular flexibility index (Phi) is 3.92. The number of nitro groups is 1. The molecule has 0 spiro atoms. The molecule has 0 aliphatic heterocycles. The van der Waals surface area contributed by atoms with Gasteiger partial charge >= 0.3 is 5.69 Å². The molecular formula is C7H4BrClF2N2O2. The summed E-state index contributed by atoms with van der Waals surface area (Å²) >= 11 is 8.54. The molecule has 15 heavy (non-hydrogen) atoms. The first-order chi connectivity index (χ1) is 6.99. The van der Waals surface area contributed by atoms with E-state index in [-0.39, 0.29) is 15.9 Å². The van der Waals surface area contributed by atoms with E-state index in [1.54, 1.807) is 0 Å². The molecule has 0 aliphatic rings. The van der Waals surface area contributed by atoms with Gasteiger partial charge in [-0.1, -0.05) is 27.5 Å². The van der Waals surface area contributed by atoms with Crippen molar-refractivity contribution >= 4 is 33.2 Å². The van der Waals surface area contributed by atoms with Crippen LogP contribution in [0.25, 0.3) is 0 Å². The summed E-state index contributed by atoms with van der Waals surface area (Å²) in [5, 5.41) is 10.1. The van der Waals surface area contributed by atoms with E-state index in [0.29, 0.717) is 0 Å². The van der Waals surface area contributed by atoms with Gasteiger partial charge < -0.3 is 0 Å². The van der Waals surface area contributed by atoms with Crippen molar-refractivity contribution in [2.75, 3.05) is 0 Å². The lowest BCUT2D eigenvalue weighted by atomic mass is 10.2. The van der Waals surface area contributed by atoms with Crippen molar-refractivity contribution in [2.45, 2.75) is 11.8 Å². The molecule has 0 aromatic carbocycles. The van der Waals surface area contributed by atoms with Gasteiger partial charge in [-0.05, 0) is 0 Å². The summed E-state index contributed by atoms with van der Waals surface area (Å²) < 4.78 is 24.8. The van der Waals surface area contributed by atoms with Crippen molar-refractivity contribution < 1.29 is 13.7 Å². The summed E-state index contributed by atoms with van der Waals surface area (Å²) in [7, 11) is 0. The summed E-state index contributed by atoms with van der Waals surface area (Å²) in [4.78, 5) is 13.0. The second kappa shape index (κ2) is 4.80. The Hall–Kier alpha value is -0.820. The van der Waals surface area contributed by atoms with Crippen LogP contribution in [0.15, 0.2) is 6.20 Å². The molecule has 1 aromatic heterocycles. The van der Waals surface area contributed by atoms with E-state index < -0.39 is 22.7 Å². The zero-order valence-electron chi connectivity index (χ0n) is 7.08. The van der Waals surface area contributed by atoms with E-state index in [0.717, 1.165) is 6.20 Å². The Morgan fingerprint density at radius 3 is 2.67 bits per heavy atom. The fourth-order valence-electron chi connectivity index (χ4n) is 0.975. The second-order valence-corrected chi connectivity index (χ2v) is 3.45. The molecule has 0 N–H and O–H groups in total. The van der Waals surface area contributed by atoms with E-state index >= 15 is 0 Å². The van der Waals surface area contributed by atoms with Crippen molar-refractivity contribution in [1.82, 2.24) is 4.98 Å². The minimum absolute atomic E-state index is 0.0137. The predicted molar refractivity (Wildman–Crippen MR) is 53.5 cm³/mol. The zero-order valence-corrected chi connectivity index (χ0v) is 9.43. The van der Waals surface area contributed by atoms with Gasteiger partial charge in [-0.2, -0.15) is 0 Å². The van der Waals surface area contributed by atoms with Crippen LogP contribution in [-0.2, 0) is 5.33 Å². The van der Waals surface area contributed by atoms with Crippen LogP contribution in [-0.4, -0.2) is 9.91 Å². The van der Waals surface area contributed by atoms with Gasteiger partial charge in [0.05, 0.1) is 4.92 Å². The van der Waals surface area contributed by atoms with Crippen LogP contribution >= 0.6 is 27.5 Å². The Morgan fingerprint density at radius 2 is 2.27 bits per heavy atom. The van der Waals surface area contributed by atoms with Crippen LogP contribution in [0.3, 0.4) is 0 Å². The monoisotopic (exact) mass is 300 g/mol. The highest BCUT2D eigenvalue weighted by Gasteiger charge is 2.23. The maximum absolute atomic E-state index is 12.4. The van der Waals surface area contributed by atoms with Gasteiger partial charge in [0.15, 0.2) is 0 Å². The number of rotatable bonds is 3. The van der Waals surface area contributed by atoms with Crippen LogP contribution in [0.2, 0.25) is 5.02 Å². The third-order valence-corrected chi connectivity index (χ3v) is 2.64. The molecule has 0 atom stereocenters. The quantitative estimate of drug-likeness (QED) is 0.488. The predicted octanol–water partition coefficient (Wildman–Crippen LogP) is 3.48. The Labute approximate surface area is 96.5 Å². The topological polar surface area (TPSA) is 56.0 Å². The molecule has 0 aliphatic carbocycles. The minimum atomic E-state index is -2.81. The van der Waals surface area contributed by atoms with Gasteiger partial charge in [-0.3, -0.25) is 10.1 Å². The average molecular weight is 301 g/mol. The highest BCUT2D eigenvalue weighted by Crippen LogP contribution is 2.34. The van der Waals surface area contributed by atoms with E-state index in [4.69, 9.17) is 11.6 Å². The first-order valence-electron chi connectivity index (χ1n) is 3.64. The molecule has 0 unspecified atom stereocenters. The standard InChI is InChI=1S/C7H4BrClF2N2O2/c8-1-3-5(9)4(13(14)15)2-12-6(3)7(10)11/h2,7H,1H2. The number of hydrogen-bond donors (Lipinski definition) is 0. The fourth-order valence-corrected chi connectivity index (χ4v) is 1.99.